The van der Waals surface area contributed by atoms with Gasteiger partial charge in [-0.2, -0.15) is 10.2 Å². The number of nitrogens with zero attached hydrogens (tertiary/aromatic N) is 5. The predicted octanol–water partition coefficient (Wildman–Crippen LogP) is 2.67. The first-order valence-electron chi connectivity index (χ1n) is 10.5. The molecule has 2 atom stereocenters. The van der Waals surface area contributed by atoms with Crippen molar-refractivity contribution in [2.75, 3.05) is 37.5 Å². The van der Waals surface area contributed by atoms with Crippen LogP contribution < -0.4 is 15.0 Å². The average Bonchev–Trinajstić information content (AvgIpc) is 3.29. The zero-order valence-electron chi connectivity index (χ0n) is 18.1. The van der Waals surface area contributed by atoms with Crippen LogP contribution in [0.3, 0.4) is 0 Å². The summed E-state index contributed by atoms with van der Waals surface area (Å²) in [6.45, 7) is 1.80. The summed E-state index contributed by atoms with van der Waals surface area (Å²) in [7, 11) is 3.07. The number of amides is 1. The van der Waals surface area contributed by atoms with Crippen molar-refractivity contribution in [1.82, 2.24) is 20.4 Å². The van der Waals surface area contributed by atoms with Crippen LogP contribution in [0.4, 0.5) is 11.6 Å². The van der Waals surface area contributed by atoms with Crippen molar-refractivity contribution < 1.29 is 14.3 Å². The van der Waals surface area contributed by atoms with Crippen molar-refractivity contribution in [3.05, 3.63) is 66.0 Å². The number of hydrogen-bond acceptors (Lipinski definition) is 8. The molecule has 0 saturated carbocycles. The Balaban J connectivity index is 1.35. The van der Waals surface area contributed by atoms with E-state index in [1.54, 1.807) is 25.4 Å². The highest BCUT2D eigenvalue weighted by Crippen LogP contribution is 2.25. The zero-order chi connectivity index (χ0) is 22.3. The number of benzene rings is 1. The standard InChI is InChI=1S/C23H26N6O3/c1-31-19-7-3-5-17(14-19)22(32-2)23(30)25-20-8-9-21(28-27-20)29-12-10-16(15-29)13-18-6-4-11-24-26-18/h3-9,11,14,16,22H,10,12-13,15H2,1-2H3,(H,25,27,30)/t16-,22+/m0/s1. The summed E-state index contributed by atoms with van der Waals surface area (Å²) >= 11 is 0. The molecule has 1 saturated heterocycles. The summed E-state index contributed by atoms with van der Waals surface area (Å²) in [5, 5.41) is 19.4. The normalized spacial score (nSPS) is 16.6. The minimum absolute atomic E-state index is 0.326. The molecule has 4 rings (SSSR count). The Hall–Kier alpha value is -3.59. The Labute approximate surface area is 186 Å². The lowest BCUT2D eigenvalue weighted by Crippen LogP contribution is -2.24. The van der Waals surface area contributed by atoms with Gasteiger partial charge >= 0.3 is 0 Å². The maximum atomic E-state index is 12.7. The van der Waals surface area contributed by atoms with Crippen LogP contribution in [-0.2, 0) is 16.0 Å². The third kappa shape index (κ3) is 5.17. The van der Waals surface area contributed by atoms with Crippen LogP contribution in [-0.4, -0.2) is 53.6 Å². The SMILES string of the molecule is COc1cccc([C@@H](OC)C(=O)Nc2ccc(N3CC[C@@H](Cc4cccnn4)C3)nn2)c1. The molecule has 166 valence electrons. The van der Waals surface area contributed by atoms with Gasteiger partial charge in [0.05, 0.1) is 12.8 Å². The highest BCUT2D eigenvalue weighted by Gasteiger charge is 2.25. The first kappa shape index (κ1) is 21.6. The molecule has 3 heterocycles. The molecule has 0 bridgehead atoms. The summed E-state index contributed by atoms with van der Waals surface area (Å²) < 4.78 is 10.6. The molecule has 1 amide bonds. The van der Waals surface area contributed by atoms with E-state index in [1.807, 2.05) is 36.4 Å². The molecule has 1 aliphatic rings. The number of ether oxygens (including phenoxy) is 2. The molecule has 0 unspecified atom stereocenters. The first-order valence-corrected chi connectivity index (χ1v) is 10.5. The van der Waals surface area contributed by atoms with Crippen LogP contribution in [0.1, 0.15) is 23.8 Å². The van der Waals surface area contributed by atoms with Crippen LogP contribution >= 0.6 is 0 Å². The van der Waals surface area contributed by atoms with Gasteiger partial charge in [0.25, 0.3) is 5.91 Å². The highest BCUT2D eigenvalue weighted by molar-refractivity contribution is 5.94. The van der Waals surface area contributed by atoms with E-state index in [0.29, 0.717) is 23.0 Å². The van der Waals surface area contributed by atoms with Gasteiger partial charge < -0.3 is 19.7 Å². The molecular weight excluding hydrogens is 408 g/mol. The van der Waals surface area contributed by atoms with Gasteiger partial charge in [-0.3, -0.25) is 4.79 Å². The maximum Gasteiger partial charge on any atom is 0.259 e. The van der Waals surface area contributed by atoms with E-state index < -0.39 is 6.10 Å². The fourth-order valence-electron chi connectivity index (χ4n) is 3.90. The van der Waals surface area contributed by atoms with E-state index in [1.165, 1.54) is 7.11 Å². The number of methoxy groups -OCH3 is 2. The smallest absolute Gasteiger partial charge is 0.259 e. The summed E-state index contributed by atoms with van der Waals surface area (Å²) in [6, 6.07) is 14.8. The molecule has 0 aliphatic carbocycles. The monoisotopic (exact) mass is 434 g/mol. The number of carbonyl (C=O) groups is 1. The Morgan fingerprint density at radius 1 is 1.16 bits per heavy atom. The summed E-state index contributed by atoms with van der Waals surface area (Å²) in [5.41, 5.74) is 1.70. The Bertz CT molecular complexity index is 1030. The quantitative estimate of drug-likeness (QED) is 0.577. The van der Waals surface area contributed by atoms with E-state index in [9.17, 15) is 4.79 Å². The molecule has 1 aliphatic heterocycles. The number of aromatic nitrogens is 4. The Morgan fingerprint density at radius 3 is 2.78 bits per heavy atom. The lowest BCUT2D eigenvalue weighted by Gasteiger charge is -2.18. The van der Waals surface area contributed by atoms with Gasteiger partial charge in [-0.15, -0.1) is 10.2 Å². The minimum Gasteiger partial charge on any atom is -0.497 e. The van der Waals surface area contributed by atoms with Gasteiger partial charge in [-0.1, -0.05) is 12.1 Å². The van der Waals surface area contributed by atoms with E-state index in [4.69, 9.17) is 9.47 Å². The van der Waals surface area contributed by atoms with Crippen molar-refractivity contribution in [1.29, 1.82) is 0 Å². The van der Waals surface area contributed by atoms with Gasteiger partial charge in [0.1, 0.15) is 5.75 Å². The highest BCUT2D eigenvalue weighted by atomic mass is 16.5. The summed E-state index contributed by atoms with van der Waals surface area (Å²) in [5.74, 6) is 2.00. The third-order valence-electron chi connectivity index (χ3n) is 5.51. The number of rotatable bonds is 8. The van der Waals surface area contributed by atoms with Crippen molar-refractivity contribution >= 4 is 17.5 Å². The van der Waals surface area contributed by atoms with Crippen LogP contribution in [0.15, 0.2) is 54.7 Å². The molecule has 0 radical (unpaired) electrons. The van der Waals surface area contributed by atoms with Crippen molar-refractivity contribution in [2.45, 2.75) is 18.9 Å². The topological polar surface area (TPSA) is 102 Å². The van der Waals surface area contributed by atoms with E-state index in [2.05, 4.69) is 30.6 Å². The molecule has 32 heavy (non-hydrogen) atoms. The predicted molar refractivity (Wildman–Crippen MR) is 119 cm³/mol. The molecule has 0 spiro atoms. The van der Waals surface area contributed by atoms with Crippen molar-refractivity contribution in [3.63, 3.8) is 0 Å². The molecule has 1 aromatic carbocycles. The number of carbonyl (C=O) groups excluding carboxylic acids is 1. The van der Waals surface area contributed by atoms with Gasteiger partial charge in [0.2, 0.25) is 0 Å². The lowest BCUT2D eigenvalue weighted by atomic mass is 10.0. The first-order chi connectivity index (χ1) is 15.7. The summed E-state index contributed by atoms with van der Waals surface area (Å²) in [4.78, 5) is 14.9. The van der Waals surface area contributed by atoms with Crippen LogP contribution in [0.25, 0.3) is 0 Å². The molecular formula is C23H26N6O3. The molecule has 2 aromatic heterocycles. The molecule has 3 aromatic rings. The average molecular weight is 435 g/mol. The van der Waals surface area contributed by atoms with Gasteiger partial charge in [-0.25, -0.2) is 0 Å². The van der Waals surface area contributed by atoms with Crippen molar-refractivity contribution in [3.8, 4) is 5.75 Å². The molecule has 1 N–H and O–H groups in total. The number of anilines is 2. The minimum atomic E-state index is -0.785. The van der Waals surface area contributed by atoms with E-state index in [0.717, 1.165) is 37.4 Å². The fourth-order valence-corrected chi connectivity index (χ4v) is 3.90. The maximum absolute atomic E-state index is 12.7. The summed E-state index contributed by atoms with van der Waals surface area (Å²) in [6.07, 6.45) is 2.86. The number of nitrogens with one attached hydrogen (secondary N) is 1. The second-order valence-corrected chi connectivity index (χ2v) is 7.68. The molecule has 1 fully saturated rings. The Kier molecular flexibility index (Phi) is 6.86. The second kappa shape index (κ2) is 10.1. The second-order valence-electron chi connectivity index (χ2n) is 7.68. The van der Waals surface area contributed by atoms with E-state index in [-0.39, 0.29) is 5.91 Å². The van der Waals surface area contributed by atoms with Gasteiger partial charge in [-0.05, 0) is 60.7 Å². The van der Waals surface area contributed by atoms with Crippen LogP contribution in [0, 0.1) is 5.92 Å². The van der Waals surface area contributed by atoms with Gasteiger partial charge in [0, 0.05) is 26.4 Å². The zero-order valence-corrected chi connectivity index (χ0v) is 18.1. The van der Waals surface area contributed by atoms with Crippen molar-refractivity contribution in [2.24, 2.45) is 5.92 Å². The molecule has 9 heteroatoms. The van der Waals surface area contributed by atoms with Crippen LogP contribution in [0.5, 0.6) is 5.75 Å². The largest absolute Gasteiger partial charge is 0.497 e. The third-order valence-corrected chi connectivity index (χ3v) is 5.51. The van der Waals surface area contributed by atoms with Gasteiger partial charge in [0.15, 0.2) is 17.7 Å². The number of hydrogen-bond donors (Lipinski definition) is 1. The molecule has 9 nitrogen and oxygen atoms in total. The lowest BCUT2D eigenvalue weighted by molar-refractivity contribution is -0.126. The fraction of sp³-hybridized carbons (Fsp3) is 0.348. The Morgan fingerprint density at radius 2 is 2.06 bits per heavy atom. The van der Waals surface area contributed by atoms with Crippen LogP contribution in [0.2, 0.25) is 0 Å². The van der Waals surface area contributed by atoms with E-state index >= 15 is 0 Å².